The van der Waals surface area contributed by atoms with E-state index in [0.717, 1.165) is 11.4 Å². The Labute approximate surface area is 131 Å². The van der Waals surface area contributed by atoms with Crippen LogP contribution in [0.3, 0.4) is 0 Å². The Hall–Kier alpha value is -2.11. The predicted molar refractivity (Wildman–Crippen MR) is 89.9 cm³/mol. The zero-order valence-electron chi connectivity index (χ0n) is 10.9. The summed E-state index contributed by atoms with van der Waals surface area (Å²) in [5.41, 5.74) is 0.790. The van der Waals surface area contributed by atoms with Gasteiger partial charge in [-0.3, -0.25) is 9.69 Å². The summed E-state index contributed by atoms with van der Waals surface area (Å²) in [5.74, 6) is 0.644. The van der Waals surface area contributed by atoms with E-state index in [2.05, 4.69) is 0 Å². The Morgan fingerprint density at radius 1 is 1.14 bits per heavy atom. The van der Waals surface area contributed by atoms with Gasteiger partial charge in [0.1, 0.15) is 5.76 Å². The standard InChI is InChI=1S/C16H11NO2S2/c18-15-14(10-4-8-13-9-5-11-19-13)21-16(20)17(15)12-6-2-1-3-7-12/h1-11H/b8-4+,14-10+. The third kappa shape index (κ3) is 2.99. The first kappa shape index (κ1) is 13.9. The minimum absolute atomic E-state index is 0.0969. The Bertz CT molecular complexity index is 718. The molecule has 1 aliphatic heterocycles. The number of thiocarbonyl (C=S) groups is 1. The largest absolute Gasteiger partial charge is 0.465 e. The smallest absolute Gasteiger partial charge is 0.270 e. The Morgan fingerprint density at radius 2 is 1.95 bits per heavy atom. The molecular weight excluding hydrogens is 302 g/mol. The second-order valence-corrected chi connectivity index (χ2v) is 5.93. The second kappa shape index (κ2) is 6.11. The topological polar surface area (TPSA) is 33.5 Å². The Morgan fingerprint density at radius 3 is 2.67 bits per heavy atom. The van der Waals surface area contributed by atoms with E-state index in [4.69, 9.17) is 16.6 Å². The van der Waals surface area contributed by atoms with Crippen LogP contribution < -0.4 is 4.90 Å². The first-order valence-electron chi connectivity index (χ1n) is 6.29. The normalized spacial score (nSPS) is 17.3. The molecule has 0 saturated carbocycles. The zero-order chi connectivity index (χ0) is 14.7. The van der Waals surface area contributed by atoms with Crippen molar-refractivity contribution in [1.29, 1.82) is 0 Å². The molecule has 104 valence electrons. The zero-order valence-corrected chi connectivity index (χ0v) is 12.6. The van der Waals surface area contributed by atoms with E-state index in [-0.39, 0.29) is 5.91 Å². The second-order valence-electron chi connectivity index (χ2n) is 4.25. The van der Waals surface area contributed by atoms with Gasteiger partial charge in [-0.2, -0.15) is 0 Å². The number of carbonyl (C=O) groups excluding carboxylic acids is 1. The van der Waals surface area contributed by atoms with Gasteiger partial charge in [-0.05, 0) is 36.4 Å². The van der Waals surface area contributed by atoms with Crippen LogP contribution in [0.5, 0.6) is 0 Å². The molecule has 21 heavy (non-hydrogen) atoms. The van der Waals surface area contributed by atoms with Crippen molar-refractivity contribution in [3.63, 3.8) is 0 Å². The lowest BCUT2D eigenvalue weighted by Crippen LogP contribution is -2.27. The molecule has 1 amide bonds. The van der Waals surface area contributed by atoms with E-state index in [1.54, 1.807) is 29.4 Å². The van der Waals surface area contributed by atoms with Crippen molar-refractivity contribution in [3.8, 4) is 0 Å². The summed E-state index contributed by atoms with van der Waals surface area (Å²) in [6, 6.07) is 13.1. The van der Waals surface area contributed by atoms with Crippen molar-refractivity contribution in [3.05, 3.63) is 71.5 Å². The van der Waals surface area contributed by atoms with Crippen LogP contribution in [-0.4, -0.2) is 10.2 Å². The highest BCUT2D eigenvalue weighted by Gasteiger charge is 2.32. The van der Waals surface area contributed by atoms with E-state index in [0.29, 0.717) is 9.23 Å². The number of hydrogen-bond donors (Lipinski definition) is 0. The lowest BCUT2D eigenvalue weighted by atomic mass is 10.3. The highest BCUT2D eigenvalue weighted by Crippen LogP contribution is 2.34. The number of benzene rings is 1. The van der Waals surface area contributed by atoms with Gasteiger partial charge < -0.3 is 4.42 Å². The first-order chi connectivity index (χ1) is 10.3. The van der Waals surface area contributed by atoms with Crippen LogP contribution in [0.15, 0.2) is 70.2 Å². The maximum atomic E-state index is 12.4. The van der Waals surface area contributed by atoms with E-state index in [1.165, 1.54) is 11.8 Å². The fourth-order valence-corrected chi connectivity index (χ4v) is 3.15. The molecule has 3 rings (SSSR count). The van der Waals surface area contributed by atoms with Gasteiger partial charge in [-0.15, -0.1) is 0 Å². The third-order valence-electron chi connectivity index (χ3n) is 2.86. The van der Waals surface area contributed by atoms with Crippen LogP contribution in [0.1, 0.15) is 5.76 Å². The van der Waals surface area contributed by atoms with E-state index in [1.807, 2.05) is 42.5 Å². The number of allylic oxidation sites excluding steroid dienone is 2. The maximum absolute atomic E-state index is 12.4. The monoisotopic (exact) mass is 313 g/mol. The number of amides is 1. The van der Waals surface area contributed by atoms with E-state index < -0.39 is 0 Å². The summed E-state index contributed by atoms with van der Waals surface area (Å²) in [7, 11) is 0. The summed E-state index contributed by atoms with van der Waals surface area (Å²) in [5, 5.41) is 0. The number of furan rings is 1. The van der Waals surface area contributed by atoms with Crippen LogP contribution >= 0.6 is 24.0 Å². The molecule has 1 saturated heterocycles. The molecule has 0 spiro atoms. The minimum Gasteiger partial charge on any atom is -0.465 e. The molecule has 0 radical (unpaired) electrons. The van der Waals surface area contributed by atoms with Crippen LogP contribution in [0, 0.1) is 0 Å². The number of anilines is 1. The highest BCUT2D eigenvalue weighted by molar-refractivity contribution is 8.27. The minimum atomic E-state index is -0.0969. The highest BCUT2D eigenvalue weighted by atomic mass is 32.2. The van der Waals surface area contributed by atoms with Gasteiger partial charge in [0.2, 0.25) is 0 Å². The predicted octanol–water partition coefficient (Wildman–Crippen LogP) is 4.24. The van der Waals surface area contributed by atoms with Gasteiger partial charge >= 0.3 is 0 Å². The van der Waals surface area contributed by atoms with Crippen LogP contribution in [-0.2, 0) is 4.79 Å². The molecule has 5 heteroatoms. The van der Waals surface area contributed by atoms with Gasteiger partial charge in [0.25, 0.3) is 5.91 Å². The molecular formula is C16H11NO2S2. The van der Waals surface area contributed by atoms with E-state index in [9.17, 15) is 4.79 Å². The van der Waals surface area contributed by atoms with Crippen molar-refractivity contribution in [2.75, 3.05) is 4.90 Å². The number of hydrogen-bond acceptors (Lipinski definition) is 4. The fraction of sp³-hybridized carbons (Fsp3) is 0. The molecule has 2 aromatic rings. The molecule has 0 aliphatic carbocycles. The third-order valence-corrected chi connectivity index (χ3v) is 4.18. The van der Waals surface area contributed by atoms with Gasteiger partial charge in [0, 0.05) is 0 Å². The molecule has 1 aliphatic rings. The molecule has 2 heterocycles. The van der Waals surface area contributed by atoms with Gasteiger partial charge in [0.15, 0.2) is 4.32 Å². The van der Waals surface area contributed by atoms with Crippen LogP contribution in [0.4, 0.5) is 5.69 Å². The average Bonchev–Trinajstić information content (AvgIpc) is 3.09. The number of thioether (sulfide) groups is 1. The lowest BCUT2D eigenvalue weighted by Gasteiger charge is -2.13. The summed E-state index contributed by atoms with van der Waals surface area (Å²) < 4.78 is 5.74. The molecule has 0 bridgehead atoms. The van der Waals surface area contributed by atoms with Crippen molar-refractivity contribution in [2.24, 2.45) is 0 Å². The van der Waals surface area contributed by atoms with Gasteiger partial charge in [0.05, 0.1) is 16.9 Å². The van der Waals surface area contributed by atoms with Gasteiger partial charge in [-0.25, -0.2) is 0 Å². The molecule has 1 aromatic heterocycles. The number of rotatable bonds is 3. The molecule has 0 N–H and O–H groups in total. The fourth-order valence-electron chi connectivity index (χ4n) is 1.90. The molecule has 0 atom stereocenters. The van der Waals surface area contributed by atoms with Crippen LogP contribution in [0.25, 0.3) is 6.08 Å². The van der Waals surface area contributed by atoms with Crippen molar-refractivity contribution >= 4 is 46.0 Å². The molecule has 3 nitrogen and oxygen atoms in total. The van der Waals surface area contributed by atoms with Crippen molar-refractivity contribution in [1.82, 2.24) is 0 Å². The van der Waals surface area contributed by atoms with Crippen LogP contribution in [0.2, 0.25) is 0 Å². The number of para-hydroxylation sites is 1. The SMILES string of the molecule is O=C1/C(=C\C=C\c2ccco2)SC(=S)N1c1ccccc1. The first-order valence-corrected chi connectivity index (χ1v) is 7.51. The lowest BCUT2D eigenvalue weighted by molar-refractivity contribution is -0.113. The average molecular weight is 313 g/mol. The summed E-state index contributed by atoms with van der Waals surface area (Å²) >= 11 is 6.59. The Balaban J connectivity index is 1.80. The summed E-state index contributed by atoms with van der Waals surface area (Å²) in [6.45, 7) is 0. The van der Waals surface area contributed by atoms with Gasteiger partial charge in [-0.1, -0.05) is 48.3 Å². The summed E-state index contributed by atoms with van der Waals surface area (Å²) in [6.07, 6.45) is 6.95. The van der Waals surface area contributed by atoms with Crippen molar-refractivity contribution < 1.29 is 9.21 Å². The number of carbonyl (C=O) groups is 1. The maximum Gasteiger partial charge on any atom is 0.270 e. The molecule has 0 unspecified atom stereocenters. The molecule has 1 aromatic carbocycles. The molecule has 1 fully saturated rings. The summed E-state index contributed by atoms with van der Waals surface area (Å²) in [4.78, 5) is 14.6. The quantitative estimate of drug-likeness (QED) is 0.627. The van der Waals surface area contributed by atoms with Crippen molar-refractivity contribution in [2.45, 2.75) is 0 Å². The number of nitrogens with zero attached hydrogens (tertiary/aromatic N) is 1. The van der Waals surface area contributed by atoms with E-state index >= 15 is 0 Å². The Kier molecular flexibility index (Phi) is 4.03.